The highest BCUT2D eigenvalue weighted by Crippen LogP contribution is 2.22. The van der Waals surface area contributed by atoms with Gasteiger partial charge < -0.3 is 15.7 Å². The van der Waals surface area contributed by atoms with Gasteiger partial charge in [-0.1, -0.05) is 0 Å². The van der Waals surface area contributed by atoms with Crippen LogP contribution in [0.1, 0.15) is 41.2 Å². The zero-order chi connectivity index (χ0) is 13.7. The van der Waals surface area contributed by atoms with Gasteiger partial charge in [-0.15, -0.1) is 11.3 Å². The van der Waals surface area contributed by atoms with Crippen LogP contribution >= 0.6 is 11.3 Å². The summed E-state index contributed by atoms with van der Waals surface area (Å²) in [4.78, 5) is 18.7. The van der Waals surface area contributed by atoms with E-state index in [-0.39, 0.29) is 18.6 Å². The molecule has 1 fully saturated rings. The monoisotopic (exact) mass is 283 g/mol. The van der Waals surface area contributed by atoms with Crippen LogP contribution in [0, 0.1) is 0 Å². The second-order valence-corrected chi connectivity index (χ2v) is 5.77. The number of carbonyl (C=O) groups is 1. The number of hydrogen-bond acceptors (Lipinski definition) is 5. The van der Waals surface area contributed by atoms with E-state index in [1.807, 2.05) is 10.3 Å². The Balaban J connectivity index is 2.07. The van der Waals surface area contributed by atoms with Crippen molar-refractivity contribution in [1.29, 1.82) is 0 Å². The molecule has 1 aliphatic rings. The van der Waals surface area contributed by atoms with E-state index in [0.717, 1.165) is 37.2 Å². The third kappa shape index (κ3) is 3.52. The van der Waals surface area contributed by atoms with Crippen LogP contribution in [0.15, 0.2) is 5.38 Å². The fourth-order valence-electron chi connectivity index (χ4n) is 2.51. The molecule has 0 aromatic carbocycles. The molecule has 1 atom stereocenters. The van der Waals surface area contributed by atoms with Crippen LogP contribution in [0.5, 0.6) is 0 Å². The normalized spacial score (nSPS) is 19.7. The maximum atomic E-state index is 12.5. The van der Waals surface area contributed by atoms with Gasteiger partial charge in [-0.05, 0) is 32.2 Å². The lowest BCUT2D eigenvalue weighted by Gasteiger charge is -2.35. The molecular formula is C13H21N3O2S. The average Bonchev–Trinajstić information content (AvgIpc) is 2.88. The smallest absolute Gasteiger partial charge is 0.273 e. The number of piperidine rings is 1. The second kappa shape index (κ2) is 6.98. The molecule has 19 heavy (non-hydrogen) atoms. The lowest BCUT2D eigenvalue weighted by atomic mass is 9.99. The number of rotatable bonds is 5. The highest BCUT2D eigenvalue weighted by atomic mass is 32.1. The molecule has 106 valence electrons. The number of aliphatic hydroxyl groups is 1. The molecule has 1 amide bonds. The second-order valence-electron chi connectivity index (χ2n) is 4.83. The molecule has 3 N–H and O–H groups in total. The Morgan fingerprint density at radius 3 is 3.16 bits per heavy atom. The van der Waals surface area contributed by atoms with Crippen molar-refractivity contribution in [1.82, 2.24) is 9.88 Å². The number of amides is 1. The van der Waals surface area contributed by atoms with E-state index in [9.17, 15) is 4.79 Å². The number of nitrogens with two attached hydrogens (primary N) is 1. The summed E-state index contributed by atoms with van der Waals surface area (Å²) < 4.78 is 0. The quantitative estimate of drug-likeness (QED) is 0.845. The van der Waals surface area contributed by atoms with Gasteiger partial charge in [0.1, 0.15) is 5.69 Å². The van der Waals surface area contributed by atoms with Gasteiger partial charge >= 0.3 is 0 Å². The maximum absolute atomic E-state index is 12.5. The largest absolute Gasteiger partial charge is 0.396 e. The van der Waals surface area contributed by atoms with Crippen molar-refractivity contribution in [3.63, 3.8) is 0 Å². The summed E-state index contributed by atoms with van der Waals surface area (Å²) in [6, 6.07) is 0.158. The summed E-state index contributed by atoms with van der Waals surface area (Å²) in [6.07, 6.45) is 4.52. The molecule has 1 saturated heterocycles. The van der Waals surface area contributed by atoms with Crippen molar-refractivity contribution in [3.8, 4) is 0 Å². The Bertz CT molecular complexity index is 420. The van der Waals surface area contributed by atoms with Crippen LogP contribution in [0.3, 0.4) is 0 Å². The first-order chi connectivity index (χ1) is 9.26. The van der Waals surface area contributed by atoms with Gasteiger partial charge in [-0.2, -0.15) is 0 Å². The summed E-state index contributed by atoms with van der Waals surface area (Å²) in [7, 11) is 0. The molecule has 2 heterocycles. The molecule has 5 nitrogen and oxygen atoms in total. The number of aliphatic hydroxyl groups excluding tert-OH is 1. The van der Waals surface area contributed by atoms with Gasteiger partial charge in [-0.3, -0.25) is 4.79 Å². The number of likely N-dealkylation sites (tertiary alicyclic amines) is 1. The average molecular weight is 283 g/mol. The zero-order valence-corrected chi connectivity index (χ0v) is 11.9. The zero-order valence-electron chi connectivity index (χ0n) is 11.0. The molecule has 1 unspecified atom stereocenters. The molecule has 0 bridgehead atoms. The van der Waals surface area contributed by atoms with Crippen LogP contribution in [0.4, 0.5) is 0 Å². The van der Waals surface area contributed by atoms with Crippen molar-refractivity contribution in [2.24, 2.45) is 5.73 Å². The van der Waals surface area contributed by atoms with Gasteiger partial charge in [0.15, 0.2) is 0 Å². The molecule has 0 saturated carbocycles. The number of aromatic nitrogens is 1. The first kappa shape index (κ1) is 14.4. The Kier molecular flexibility index (Phi) is 5.30. The van der Waals surface area contributed by atoms with Gasteiger partial charge in [0.05, 0.1) is 5.01 Å². The third-order valence-corrected chi connectivity index (χ3v) is 4.39. The van der Waals surface area contributed by atoms with Gasteiger partial charge in [0.25, 0.3) is 5.91 Å². The molecule has 0 radical (unpaired) electrons. The van der Waals surface area contributed by atoms with Gasteiger partial charge in [0.2, 0.25) is 0 Å². The van der Waals surface area contributed by atoms with Gasteiger partial charge in [0, 0.05) is 31.0 Å². The minimum Gasteiger partial charge on any atom is -0.396 e. The van der Waals surface area contributed by atoms with E-state index in [1.165, 1.54) is 11.3 Å². The van der Waals surface area contributed by atoms with Crippen molar-refractivity contribution in [3.05, 3.63) is 16.1 Å². The molecular weight excluding hydrogens is 262 g/mol. The lowest BCUT2D eigenvalue weighted by molar-refractivity contribution is 0.0569. The highest BCUT2D eigenvalue weighted by molar-refractivity contribution is 7.09. The SMILES string of the molecule is NCCc1nc(C(=O)N2CCCCC2CCO)cs1. The Hall–Kier alpha value is -0.980. The predicted octanol–water partition coefficient (Wildman–Crippen LogP) is 1.02. The maximum Gasteiger partial charge on any atom is 0.273 e. The Morgan fingerprint density at radius 2 is 2.42 bits per heavy atom. The fourth-order valence-corrected chi connectivity index (χ4v) is 3.30. The highest BCUT2D eigenvalue weighted by Gasteiger charge is 2.28. The standard InChI is InChI=1S/C13H21N3O2S/c14-6-4-12-15-11(9-19-12)13(18)16-7-2-1-3-10(16)5-8-17/h9-10,17H,1-8,14H2. The van der Waals surface area contributed by atoms with Crippen LogP contribution in [0.25, 0.3) is 0 Å². The van der Waals surface area contributed by atoms with E-state index >= 15 is 0 Å². The summed E-state index contributed by atoms with van der Waals surface area (Å²) >= 11 is 1.49. The molecule has 6 heteroatoms. The Labute approximate surface area is 117 Å². The van der Waals surface area contributed by atoms with E-state index in [0.29, 0.717) is 18.7 Å². The molecule has 1 aliphatic heterocycles. The molecule has 0 aliphatic carbocycles. The van der Waals surface area contributed by atoms with Crippen LogP contribution in [-0.4, -0.2) is 46.6 Å². The number of nitrogens with zero attached hydrogens (tertiary/aromatic N) is 2. The van der Waals surface area contributed by atoms with Crippen molar-refractivity contribution in [2.45, 2.75) is 38.1 Å². The topological polar surface area (TPSA) is 79.5 Å². The predicted molar refractivity (Wildman–Crippen MR) is 75.3 cm³/mol. The summed E-state index contributed by atoms with van der Waals surface area (Å²) in [5, 5.41) is 11.8. The summed E-state index contributed by atoms with van der Waals surface area (Å²) in [6.45, 7) is 1.45. The number of hydrogen-bond donors (Lipinski definition) is 2. The molecule has 2 rings (SSSR count). The molecule has 0 spiro atoms. The first-order valence-electron chi connectivity index (χ1n) is 6.82. The van der Waals surface area contributed by atoms with Crippen LogP contribution in [0.2, 0.25) is 0 Å². The lowest BCUT2D eigenvalue weighted by Crippen LogP contribution is -2.44. The van der Waals surface area contributed by atoms with Gasteiger partial charge in [-0.25, -0.2) is 4.98 Å². The van der Waals surface area contributed by atoms with E-state index in [1.54, 1.807) is 0 Å². The van der Waals surface area contributed by atoms with Crippen molar-refractivity contribution >= 4 is 17.2 Å². The fraction of sp³-hybridized carbons (Fsp3) is 0.692. The summed E-state index contributed by atoms with van der Waals surface area (Å²) in [5.41, 5.74) is 6.02. The Morgan fingerprint density at radius 1 is 1.58 bits per heavy atom. The molecule has 1 aromatic rings. The summed E-state index contributed by atoms with van der Waals surface area (Å²) in [5.74, 6) is -0.00216. The third-order valence-electron chi connectivity index (χ3n) is 3.48. The molecule has 1 aromatic heterocycles. The number of carbonyl (C=O) groups excluding carboxylic acids is 1. The van der Waals surface area contributed by atoms with E-state index in [2.05, 4.69) is 4.98 Å². The first-order valence-corrected chi connectivity index (χ1v) is 7.70. The van der Waals surface area contributed by atoms with E-state index in [4.69, 9.17) is 10.8 Å². The van der Waals surface area contributed by atoms with E-state index < -0.39 is 0 Å². The van der Waals surface area contributed by atoms with Crippen LogP contribution in [-0.2, 0) is 6.42 Å². The minimum absolute atomic E-state index is 0.00216. The van der Waals surface area contributed by atoms with Crippen molar-refractivity contribution < 1.29 is 9.90 Å². The van der Waals surface area contributed by atoms with Crippen molar-refractivity contribution in [2.75, 3.05) is 19.7 Å². The minimum atomic E-state index is -0.00216. The van der Waals surface area contributed by atoms with Crippen LogP contribution < -0.4 is 5.73 Å². The number of thiazole rings is 1.